The molecule has 0 N–H and O–H groups in total. The summed E-state index contributed by atoms with van der Waals surface area (Å²) in [6.45, 7) is 20.4. The van der Waals surface area contributed by atoms with Gasteiger partial charge in [0, 0.05) is 0 Å². The first-order chi connectivity index (χ1) is 12.7. The standard InChI is InChI=1S/C22H41NO6/c1-19(2,3)14-22(10,11)13-15(16(24)27-12)23(17(25)28-20(4,5)6)18(26)29-21(7,8)9/h15H,13-14H2,1-12H3. The van der Waals surface area contributed by atoms with Gasteiger partial charge in [-0.3, -0.25) is 0 Å². The highest BCUT2D eigenvalue weighted by atomic mass is 16.6. The molecule has 2 amide bonds. The molecular formula is C22H41NO6. The van der Waals surface area contributed by atoms with Crippen LogP contribution in [0.1, 0.15) is 89.0 Å². The van der Waals surface area contributed by atoms with Gasteiger partial charge in [-0.05, 0) is 65.2 Å². The largest absolute Gasteiger partial charge is 0.467 e. The highest BCUT2D eigenvalue weighted by molar-refractivity contribution is 5.94. The summed E-state index contributed by atoms with van der Waals surface area (Å²) < 4.78 is 15.7. The molecule has 170 valence electrons. The van der Waals surface area contributed by atoms with Crippen molar-refractivity contribution in [1.82, 2.24) is 4.90 Å². The van der Waals surface area contributed by atoms with Gasteiger partial charge in [-0.15, -0.1) is 0 Å². The molecule has 0 aromatic rings. The number of carbonyl (C=O) groups excluding carboxylic acids is 3. The third-order valence-electron chi connectivity index (χ3n) is 3.72. The van der Waals surface area contributed by atoms with E-state index < -0.39 is 35.4 Å². The van der Waals surface area contributed by atoms with E-state index in [1.54, 1.807) is 41.5 Å². The molecule has 7 nitrogen and oxygen atoms in total. The summed E-state index contributed by atoms with van der Waals surface area (Å²) in [5.74, 6) is -0.691. The smallest absolute Gasteiger partial charge is 0.420 e. The van der Waals surface area contributed by atoms with E-state index in [0.717, 1.165) is 11.3 Å². The molecule has 0 heterocycles. The molecule has 0 saturated carbocycles. The highest BCUT2D eigenvalue weighted by Crippen LogP contribution is 2.38. The van der Waals surface area contributed by atoms with Gasteiger partial charge in [0.05, 0.1) is 7.11 Å². The molecule has 0 rings (SSSR count). The zero-order valence-corrected chi connectivity index (χ0v) is 20.4. The van der Waals surface area contributed by atoms with Crippen molar-refractivity contribution >= 4 is 18.2 Å². The summed E-state index contributed by atoms with van der Waals surface area (Å²) >= 11 is 0. The number of amides is 2. The third kappa shape index (κ3) is 11.1. The van der Waals surface area contributed by atoms with Crippen LogP contribution < -0.4 is 0 Å². The quantitative estimate of drug-likeness (QED) is 0.432. The molecule has 0 saturated heterocycles. The fourth-order valence-electron chi connectivity index (χ4n) is 3.40. The van der Waals surface area contributed by atoms with Crippen LogP contribution in [0.25, 0.3) is 0 Å². The molecule has 0 aliphatic carbocycles. The maximum atomic E-state index is 12.9. The predicted octanol–water partition coefficient (Wildman–Crippen LogP) is 5.55. The number of esters is 1. The fourth-order valence-corrected chi connectivity index (χ4v) is 3.40. The summed E-state index contributed by atoms with van der Waals surface area (Å²) in [6, 6.07) is -1.16. The van der Waals surface area contributed by atoms with Crippen LogP contribution in [0.4, 0.5) is 9.59 Å². The molecule has 1 atom stereocenters. The summed E-state index contributed by atoms with van der Waals surface area (Å²) in [6.07, 6.45) is -0.887. The average Bonchev–Trinajstić information content (AvgIpc) is 2.38. The topological polar surface area (TPSA) is 82.1 Å². The van der Waals surface area contributed by atoms with Crippen molar-refractivity contribution in [2.45, 2.75) is 106 Å². The second kappa shape index (κ2) is 9.35. The van der Waals surface area contributed by atoms with Gasteiger partial charge >= 0.3 is 18.2 Å². The van der Waals surface area contributed by atoms with Gasteiger partial charge in [0.15, 0.2) is 0 Å². The Labute approximate surface area is 176 Å². The lowest BCUT2D eigenvalue weighted by atomic mass is 9.73. The molecule has 0 aromatic carbocycles. The first-order valence-electron chi connectivity index (χ1n) is 10.0. The second-order valence-electron chi connectivity index (χ2n) is 11.5. The van der Waals surface area contributed by atoms with Crippen LogP contribution in [0.2, 0.25) is 0 Å². The van der Waals surface area contributed by atoms with E-state index >= 15 is 0 Å². The van der Waals surface area contributed by atoms with Gasteiger partial charge < -0.3 is 14.2 Å². The van der Waals surface area contributed by atoms with Crippen molar-refractivity contribution in [1.29, 1.82) is 0 Å². The number of hydrogen-bond donors (Lipinski definition) is 0. The van der Waals surface area contributed by atoms with E-state index in [2.05, 4.69) is 20.8 Å². The lowest BCUT2D eigenvalue weighted by molar-refractivity contribution is -0.148. The first-order valence-corrected chi connectivity index (χ1v) is 10.0. The van der Waals surface area contributed by atoms with Gasteiger partial charge in [0.2, 0.25) is 0 Å². The minimum atomic E-state index is -1.16. The molecule has 1 unspecified atom stereocenters. The van der Waals surface area contributed by atoms with Gasteiger partial charge in [-0.2, -0.15) is 4.90 Å². The Morgan fingerprint density at radius 3 is 1.41 bits per heavy atom. The van der Waals surface area contributed by atoms with Crippen molar-refractivity contribution in [2.75, 3.05) is 7.11 Å². The maximum Gasteiger partial charge on any atom is 0.420 e. The average molecular weight is 416 g/mol. The van der Waals surface area contributed by atoms with E-state index in [0.29, 0.717) is 0 Å². The van der Waals surface area contributed by atoms with Crippen LogP contribution in [-0.2, 0) is 19.0 Å². The van der Waals surface area contributed by atoms with Crippen molar-refractivity contribution in [3.05, 3.63) is 0 Å². The molecule has 7 heteroatoms. The number of nitrogens with zero attached hydrogens (tertiary/aromatic N) is 1. The van der Waals surface area contributed by atoms with Crippen LogP contribution in [0.15, 0.2) is 0 Å². The highest BCUT2D eigenvalue weighted by Gasteiger charge is 2.44. The van der Waals surface area contributed by atoms with E-state index in [-0.39, 0.29) is 17.3 Å². The van der Waals surface area contributed by atoms with E-state index in [4.69, 9.17) is 14.2 Å². The molecule has 0 aliphatic rings. The van der Waals surface area contributed by atoms with E-state index in [1.807, 2.05) is 13.8 Å². The Balaban J connectivity index is 6.12. The molecule has 0 aromatic heterocycles. The van der Waals surface area contributed by atoms with Crippen molar-refractivity contribution in [3.63, 3.8) is 0 Å². The van der Waals surface area contributed by atoms with Gasteiger partial charge in [0.1, 0.15) is 17.2 Å². The molecule has 0 radical (unpaired) electrons. The van der Waals surface area contributed by atoms with Crippen molar-refractivity contribution in [2.24, 2.45) is 10.8 Å². The SMILES string of the molecule is COC(=O)C(CC(C)(C)CC(C)(C)C)N(C(=O)OC(C)(C)C)C(=O)OC(C)(C)C. The fraction of sp³-hybridized carbons (Fsp3) is 0.864. The number of hydrogen-bond acceptors (Lipinski definition) is 6. The van der Waals surface area contributed by atoms with Gasteiger partial charge in [-0.1, -0.05) is 34.6 Å². The molecule has 0 fully saturated rings. The Morgan fingerprint density at radius 1 is 0.759 bits per heavy atom. The van der Waals surface area contributed by atoms with Crippen LogP contribution in [0.3, 0.4) is 0 Å². The Kier molecular flexibility index (Phi) is 8.77. The number of methoxy groups -OCH3 is 1. The Morgan fingerprint density at radius 2 is 1.14 bits per heavy atom. The minimum Gasteiger partial charge on any atom is -0.467 e. The minimum absolute atomic E-state index is 0.00711. The lowest BCUT2D eigenvalue weighted by Gasteiger charge is -2.38. The van der Waals surface area contributed by atoms with Gasteiger partial charge in [0.25, 0.3) is 0 Å². The van der Waals surface area contributed by atoms with Gasteiger partial charge in [-0.25, -0.2) is 14.4 Å². The monoisotopic (exact) mass is 415 g/mol. The maximum absolute atomic E-state index is 12.9. The zero-order valence-electron chi connectivity index (χ0n) is 20.4. The molecular weight excluding hydrogens is 374 g/mol. The number of ether oxygens (including phenoxy) is 3. The summed E-state index contributed by atoms with van der Waals surface area (Å²) in [5, 5.41) is 0. The zero-order chi connectivity index (χ0) is 23.4. The second-order valence-corrected chi connectivity index (χ2v) is 11.5. The van der Waals surface area contributed by atoms with Crippen LogP contribution in [0.5, 0.6) is 0 Å². The summed E-state index contributed by atoms with van der Waals surface area (Å²) in [7, 11) is 1.23. The Hall–Kier alpha value is -1.79. The number of rotatable bonds is 5. The summed E-state index contributed by atoms with van der Waals surface area (Å²) in [5.41, 5.74) is -2.07. The normalized spacial score (nSPS) is 14.1. The first kappa shape index (κ1) is 27.2. The van der Waals surface area contributed by atoms with Crippen LogP contribution in [-0.4, -0.2) is 47.4 Å². The lowest BCUT2D eigenvalue weighted by Crippen LogP contribution is -2.53. The van der Waals surface area contributed by atoms with Crippen molar-refractivity contribution in [3.8, 4) is 0 Å². The van der Waals surface area contributed by atoms with Crippen LogP contribution in [0, 0.1) is 10.8 Å². The molecule has 29 heavy (non-hydrogen) atoms. The van der Waals surface area contributed by atoms with E-state index in [9.17, 15) is 14.4 Å². The number of imide groups is 1. The predicted molar refractivity (Wildman–Crippen MR) is 113 cm³/mol. The molecule has 0 spiro atoms. The molecule has 0 bridgehead atoms. The van der Waals surface area contributed by atoms with E-state index in [1.165, 1.54) is 7.11 Å². The van der Waals surface area contributed by atoms with Crippen molar-refractivity contribution < 1.29 is 28.6 Å². The third-order valence-corrected chi connectivity index (χ3v) is 3.72. The Bertz CT molecular complexity index is 562. The summed E-state index contributed by atoms with van der Waals surface area (Å²) in [4.78, 5) is 39.2. The number of carbonyl (C=O) groups is 3. The van der Waals surface area contributed by atoms with Crippen LogP contribution >= 0.6 is 0 Å². The molecule has 0 aliphatic heterocycles.